The SMILES string of the molecule is CCOc1ccc(CCC(=O)N2CCC(C)(CN)C2)cc1. The maximum atomic E-state index is 12.3. The van der Waals surface area contributed by atoms with Crippen LogP contribution in [0.5, 0.6) is 5.75 Å². The number of hydrogen-bond acceptors (Lipinski definition) is 3. The molecule has 4 nitrogen and oxygen atoms in total. The van der Waals surface area contributed by atoms with Crippen molar-refractivity contribution in [2.75, 3.05) is 26.2 Å². The topological polar surface area (TPSA) is 55.6 Å². The second-order valence-electron chi connectivity index (χ2n) is 6.16. The second kappa shape index (κ2) is 6.94. The van der Waals surface area contributed by atoms with Crippen LogP contribution in [-0.2, 0) is 11.2 Å². The number of nitrogens with two attached hydrogens (primary N) is 1. The summed E-state index contributed by atoms with van der Waals surface area (Å²) in [5, 5.41) is 0. The Morgan fingerprint density at radius 1 is 1.38 bits per heavy atom. The fraction of sp³-hybridized carbons (Fsp3) is 0.588. The number of ether oxygens (including phenoxy) is 1. The molecule has 1 unspecified atom stereocenters. The van der Waals surface area contributed by atoms with Gasteiger partial charge < -0.3 is 15.4 Å². The molecule has 1 saturated heterocycles. The first-order valence-corrected chi connectivity index (χ1v) is 7.76. The van der Waals surface area contributed by atoms with Gasteiger partial charge in [0.2, 0.25) is 5.91 Å². The molecule has 0 saturated carbocycles. The summed E-state index contributed by atoms with van der Waals surface area (Å²) < 4.78 is 5.42. The molecule has 1 aromatic carbocycles. The molecule has 1 heterocycles. The smallest absolute Gasteiger partial charge is 0.222 e. The van der Waals surface area contributed by atoms with Crippen LogP contribution in [0, 0.1) is 5.41 Å². The summed E-state index contributed by atoms with van der Waals surface area (Å²) in [6, 6.07) is 7.99. The van der Waals surface area contributed by atoms with Crippen molar-refractivity contribution in [1.29, 1.82) is 0 Å². The first kappa shape index (κ1) is 15.8. The third kappa shape index (κ3) is 4.21. The summed E-state index contributed by atoms with van der Waals surface area (Å²) in [7, 11) is 0. The van der Waals surface area contributed by atoms with E-state index in [0.29, 0.717) is 19.6 Å². The number of likely N-dealkylation sites (tertiary alicyclic amines) is 1. The summed E-state index contributed by atoms with van der Waals surface area (Å²) in [5.41, 5.74) is 7.06. The molecule has 0 aromatic heterocycles. The molecule has 4 heteroatoms. The van der Waals surface area contributed by atoms with Crippen LogP contribution in [0.1, 0.15) is 32.3 Å². The lowest BCUT2D eigenvalue weighted by Gasteiger charge is -2.22. The number of hydrogen-bond donors (Lipinski definition) is 1. The van der Waals surface area contributed by atoms with E-state index in [1.54, 1.807) is 0 Å². The Morgan fingerprint density at radius 2 is 2.10 bits per heavy atom. The molecular weight excluding hydrogens is 264 g/mol. The predicted molar refractivity (Wildman–Crippen MR) is 84.3 cm³/mol. The Kier molecular flexibility index (Phi) is 5.23. The average molecular weight is 290 g/mol. The van der Waals surface area contributed by atoms with E-state index in [-0.39, 0.29) is 11.3 Å². The molecule has 0 radical (unpaired) electrons. The van der Waals surface area contributed by atoms with Gasteiger partial charge in [-0.25, -0.2) is 0 Å². The summed E-state index contributed by atoms with van der Waals surface area (Å²) in [5.74, 6) is 1.12. The fourth-order valence-electron chi connectivity index (χ4n) is 2.73. The van der Waals surface area contributed by atoms with Gasteiger partial charge in [0, 0.05) is 19.5 Å². The van der Waals surface area contributed by atoms with Gasteiger partial charge in [-0.05, 0) is 49.4 Å². The van der Waals surface area contributed by atoms with Crippen LogP contribution in [0.4, 0.5) is 0 Å². The standard InChI is InChI=1S/C17H26N2O2/c1-3-21-15-7-4-14(5-8-15)6-9-16(20)19-11-10-17(2,12-18)13-19/h4-5,7-8H,3,6,9-13,18H2,1-2H3. The average Bonchev–Trinajstić information content (AvgIpc) is 2.90. The Bertz CT molecular complexity index is 472. The van der Waals surface area contributed by atoms with Gasteiger partial charge in [0.15, 0.2) is 0 Å². The molecule has 2 N–H and O–H groups in total. The van der Waals surface area contributed by atoms with Gasteiger partial charge in [0.1, 0.15) is 5.75 Å². The highest BCUT2D eigenvalue weighted by Gasteiger charge is 2.34. The van der Waals surface area contributed by atoms with Gasteiger partial charge >= 0.3 is 0 Å². The van der Waals surface area contributed by atoms with Crippen molar-refractivity contribution < 1.29 is 9.53 Å². The molecule has 1 amide bonds. The molecule has 0 spiro atoms. The minimum atomic E-state index is 0.106. The number of amides is 1. The Hall–Kier alpha value is -1.55. The van der Waals surface area contributed by atoms with Crippen LogP contribution in [0.2, 0.25) is 0 Å². The molecule has 1 aliphatic heterocycles. The lowest BCUT2D eigenvalue weighted by atomic mass is 9.90. The van der Waals surface area contributed by atoms with E-state index in [0.717, 1.165) is 31.7 Å². The number of nitrogens with zero attached hydrogens (tertiary/aromatic N) is 1. The quantitative estimate of drug-likeness (QED) is 0.874. The Balaban J connectivity index is 1.81. The zero-order chi connectivity index (χ0) is 15.3. The summed E-state index contributed by atoms with van der Waals surface area (Å²) in [4.78, 5) is 14.2. The fourth-order valence-corrected chi connectivity index (χ4v) is 2.73. The number of benzene rings is 1. The van der Waals surface area contributed by atoms with E-state index in [2.05, 4.69) is 6.92 Å². The molecule has 21 heavy (non-hydrogen) atoms. The normalized spacial score (nSPS) is 21.6. The van der Waals surface area contributed by atoms with Gasteiger partial charge in [0.05, 0.1) is 6.61 Å². The molecule has 1 aliphatic rings. The summed E-state index contributed by atoms with van der Waals surface area (Å²) in [6.07, 6.45) is 2.36. The van der Waals surface area contributed by atoms with Crippen molar-refractivity contribution in [2.24, 2.45) is 11.1 Å². The summed E-state index contributed by atoms with van der Waals surface area (Å²) >= 11 is 0. The Morgan fingerprint density at radius 3 is 2.67 bits per heavy atom. The van der Waals surface area contributed by atoms with Crippen molar-refractivity contribution in [2.45, 2.75) is 33.1 Å². The molecular formula is C17H26N2O2. The van der Waals surface area contributed by atoms with Crippen LogP contribution in [-0.4, -0.2) is 37.0 Å². The van der Waals surface area contributed by atoms with Gasteiger partial charge in [-0.2, -0.15) is 0 Å². The van der Waals surface area contributed by atoms with Crippen LogP contribution >= 0.6 is 0 Å². The molecule has 1 fully saturated rings. The molecule has 1 aromatic rings. The third-order valence-electron chi connectivity index (χ3n) is 4.27. The van der Waals surface area contributed by atoms with Crippen molar-refractivity contribution in [3.63, 3.8) is 0 Å². The third-order valence-corrected chi connectivity index (χ3v) is 4.27. The largest absolute Gasteiger partial charge is 0.494 e. The zero-order valence-corrected chi connectivity index (χ0v) is 13.1. The number of carbonyl (C=O) groups is 1. The summed E-state index contributed by atoms with van der Waals surface area (Å²) in [6.45, 7) is 7.09. The lowest BCUT2D eigenvalue weighted by molar-refractivity contribution is -0.130. The van der Waals surface area contributed by atoms with Gasteiger partial charge in [-0.3, -0.25) is 4.79 Å². The van der Waals surface area contributed by atoms with E-state index in [9.17, 15) is 4.79 Å². The Labute approximate surface area is 127 Å². The number of aryl methyl sites for hydroxylation is 1. The van der Waals surface area contributed by atoms with Crippen molar-refractivity contribution in [3.05, 3.63) is 29.8 Å². The van der Waals surface area contributed by atoms with E-state index in [1.165, 1.54) is 5.56 Å². The highest BCUT2D eigenvalue weighted by Crippen LogP contribution is 2.29. The number of rotatable bonds is 6. The molecule has 116 valence electrons. The van der Waals surface area contributed by atoms with Crippen molar-refractivity contribution >= 4 is 5.91 Å². The van der Waals surface area contributed by atoms with Gasteiger partial charge in [-0.1, -0.05) is 19.1 Å². The van der Waals surface area contributed by atoms with Crippen molar-refractivity contribution in [3.8, 4) is 5.75 Å². The van der Waals surface area contributed by atoms with Crippen LogP contribution in [0.25, 0.3) is 0 Å². The molecule has 0 bridgehead atoms. The monoisotopic (exact) mass is 290 g/mol. The zero-order valence-electron chi connectivity index (χ0n) is 13.1. The second-order valence-corrected chi connectivity index (χ2v) is 6.16. The van der Waals surface area contributed by atoms with E-state index >= 15 is 0 Å². The van der Waals surface area contributed by atoms with Gasteiger partial charge in [-0.15, -0.1) is 0 Å². The highest BCUT2D eigenvalue weighted by molar-refractivity contribution is 5.76. The predicted octanol–water partition coefficient (Wildman–Crippen LogP) is 2.22. The van der Waals surface area contributed by atoms with E-state index in [1.807, 2.05) is 36.1 Å². The van der Waals surface area contributed by atoms with Crippen molar-refractivity contribution in [1.82, 2.24) is 4.90 Å². The lowest BCUT2D eigenvalue weighted by Crippen LogP contribution is -2.34. The van der Waals surface area contributed by atoms with Crippen LogP contribution < -0.4 is 10.5 Å². The van der Waals surface area contributed by atoms with E-state index < -0.39 is 0 Å². The van der Waals surface area contributed by atoms with E-state index in [4.69, 9.17) is 10.5 Å². The number of carbonyl (C=O) groups excluding carboxylic acids is 1. The maximum Gasteiger partial charge on any atom is 0.222 e. The molecule has 2 rings (SSSR count). The highest BCUT2D eigenvalue weighted by atomic mass is 16.5. The molecule has 0 aliphatic carbocycles. The minimum absolute atomic E-state index is 0.106. The maximum absolute atomic E-state index is 12.3. The minimum Gasteiger partial charge on any atom is -0.494 e. The van der Waals surface area contributed by atoms with Crippen LogP contribution in [0.15, 0.2) is 24.3 Å². The van der Waals surface area contributed by atoms with Gasteiger partial charge in [0.25, 0.3) is 0 Å². The van der Waals surface area contributed by atoms with Crippen LogP contribution in [0.3, 0.4) is 0 Å². The molecule has 1 atom stereocenters. The first-order valence-electron chi connectivity index (χ1n) is 7.76. The first-order chi connectivity index (χ1) is 10.1.